The van der Waals surface area contributed by atoms with Gasteiger partial charge in [-0.2, -0.15) is 0 Å². The first-order valence-corrected chi connectivity index (χ1v) is 11.4. The van der Waals surface area contributed by atoms with E-state index in [1.807, 2.05) is 12.1 Å². The molecule has 0 amide bonds. The van der Waals surface area contributed by atoms with Gasteiger partial charge >= 0.3 is 0 Å². The van der Waals surface area contributed by atoms with E-state index in [9.17, 15) is 5.11 Å². The van der Waals surface area contributed by atoms with Gasteiger partial charge in [-0.3, -0.25) is 0 Å². The second-order valence-corrected chi connectivity index (χ2v) is 12.2. The Kier molecular flexibility index (Phi) is 5.83. The second kappa shape index (κ2) is 8.11. The molecule has 0 aliphatic carbocycles. The van der Waals surface area contributed by atoms with E-state index in [2.05, 4.69) is 81.4 Å². The van der Waals surface area contributed by atoms with Gasteiger partial charge in [0, 0.05) is 6.61 Å². The van der Waals surface area contributed by atoms with E-state index in [1.165, 1.54) is 15.9 Å². The van der Waals surface area contributed by atoms with Gasteiger partial charge in [-0.25, -0.2) is 0 Å². The highest BCUT2D eigenvalue weighted by Crippen LogP contribution is 2.36. The van der Waals surface area contributed by atoms with Crippen molar-refractivity contribution in [3.63, 3.8) is 0 Å². The van der Waals surface area contributed by atoms with Crippen LogP contribution in [0.25, 0.3) is 0 Å². The summed E-state index contributed by atoms with van der Waals surface area (Å²) in [6.07, 6.45) is 0.824. The van der Waals surface area contributed by atoms with Crippen molar-refractivity contribution < 1.29 is 9.53 Å². The largest absolute Gasteiger partial charge is 0.508 e. The van der Waals surface area contributed by atoms with Gasteiger partial charge in [0.1, 0.15) is 5.75 Å². The normalized spacial score (nSPS) is 12.1. The minimum absolute atomic E-state index is 0.00926. The van der Waals surface area contributed by atoms with E-state index in [0.717, 1.165) is 6.42 Å². The molecular formula is C24H28O2Si. The van der Waals surface area contributed by atoms with Gasteiger partial charge in [-0.15, -0.1) is 0 Å². The molecule has 0 bridgehead atoms. The maximum Gasteiger partial charge on any atom is 0.261 e. The zero-order valence-electron chi connectivity index (χ0n) is 16.4. The Hall–Kier alpha value is -2.36. The molecule has 2 nitrogen and oxygen atoms in total. The van der Waals surface area contributed by atoms with Crippen molar-refractivity contribution >= 4 is 18.7 Å². The van der Waals surface area contributed by atoms with Gasteiger partial charge in [0.15, 0.2) is 0 Å². The second-order valence-electron chi connectivity index (χ2n) is 7.93. The zero-order valence-corrected chi connectivity index (χ0v) is 17.4. The summed E-state index contributed by atoms with van der Waals surface area (Å²) in [5, 5.41) is 12.1. The molecule has 0 fully saturated rings. The van der Waals surface area contributed by atoms with Gasteiger partial charge in [0.2, 0.25) is 0 Å². The Morgan fingerprint density at radius 3 is 1.67 bits per heavy atom. The average Bonchev–Trinajstić information content (AvgIpc) is 2.67. The van der Waals surface area contributed by atoms with Gasteiger partial charge in [0.05, 0.1) is 0 Å². The van der Waals surface area contributed by atoms with Crippen LogP contribution in [-0.2, 0) is 10.8 Å². The molecule has 1 N–H and O–H groups in total. The van der Waals surface area contributed by atoms with Crippen LogP contribution in [-0.4, -0.2) is 20.0 Å². The van der Waals surface area contributed by atoms with E-state index in [1.54, 1.807) is 12.1 Å². The van der Waals surface area contributed by atoms with Crippen molar-refractivity contribution in [2.45, 2.75) is 32.2 Å². The molecule has 0 heterocycles. The fraction of sp³-hybridized carbons (Fsp3) is 0.250. The Balaban J connectivity index is 1.97. The van der Waals surface area contributed by atoms with Gasteiger partial charge in [-0.05, 0) is 39.5 Å². The van der Waals surface area contributed by atoms with Crippen LogP contribution >= 0.6 is 0 Å². The molecule has 0 aliphatic heterocycles. The van der Waals surface area contributed by atoms with Crippen LogP contribution in [0.3, 0.4) is 0 Å². The van der Waals surface area contributed by atoms with Gasteiger partial charge in [-0.1, -0.05) is 93.6 Å². The van der Waals surface area contributed by atoms with Crippen molar-refractivity contribution in [1.82, 2.24) is 0 Å². The van der Waals surface area contributed by atoms with E-state index in [-0.39, 0.29) is 5.04 Å². The lowest BCUT2D eigenvalue weighted by Crippen LogP contribution is -2.66. The maximum absolute atomic E-state index is 9.49. The van der Waals surface area contributed by atoms with Crippen LogP contribution in [0, 0.1) is 0 Å². The molecule has 0 spiro atoms. The summed E-state index contributed by atoms with van der Waals surface area (Å²) >= 11 is 0. The fourth-order valence-corrected chi connectivity index (χ4v) is 8.31. The van der Waals surface area contributed by atoms with Crippen molar-refractivity contribution in [3.05, 3.63) is 90.5 Å². The minimum Gasteiger partial charge on any atom is -0.508 e. The predicted molar refractivity (Wildman–Crippen MR) is 115 cm³/mol. The molecular weight excluding hydrogens is 348 g/mol. The van der Waals surface area contributed by atoms with Crippen LogP contribution in [0.4, 0.5) is 0 Å². The quantitative estimate of drug-likeness (QED) is 0.641. The molecule has 0 saturated carbocycles. The summed E-state index contributed by atoms with van der Waals surface area (Å²) in [5.74, 6) is 0.298. The topological polar surface area (TPSA) is 29.5 Å². The number of benzene rings is 3. The highest BCUT2D eigenvalue weighted by molar-refractivity contribution is 6.99. The third kappa shape index (κ3) is 4.15. The third-order valence-corrected chi connectivity index (χ3v) is 10.1. The standard InChI is InChI=1S/C24H28O2Si/c1-24(2,3)27(22-10-6-4-7-11-22,23-12-8-5-9-13-23)26-19-18-20-14-16-21(25)17-15-20/h4-17,25H,18-19H2,1-3H3. The van der Waals surface area contributed by atoms with Crippen LogP contribution < -0.4 is 10.4 Å². The Morgan fingerprint density at radius 1 is 0.741 bits per heavy atom. The number of hydrogen-bond donors (Lipinski definition) is 1. The smallest absolute Gasteiger partial charge is 0.261 e. The summed E-state index contributed by atoms with van der Waals surface area (Å²) in [5.41, 5.74) is 1.17. The van der Waals surface area contributed by atoms with E-state index in [0.29, 0.717) is 12.4 Å². The molecule has 0 saturated heterocycles. The SMILES string of the molecule is CC(C)(C)[Si](OCCc1ccc(O)cc1)(c1ccccc1)c1ccccc1. The molecule has 0 unspecified atom stereocenters. The zero-order chi connectivity index (χ0) is 19.3. The van der Waals surface area contributed by atoms with Crippen molar-refractivity contribution in [1.29, 1.82) is 0 Å². The first-order valence-electron chi connectivity index (χ1n) is 9.46. The summed E-state index contributed by atoms with van der Waals surface area (Å²) in [6.45, 7) is 7.53. The van der Waals surface area contributed by atoms with E-state index in [4.69, 9.17) is 4.43 Å². The molecule has 0 radical (unpaired) electrons. The summed E-state index contributed by atoms with van der Waals surface area (Å²) in [7, 11) is -2.46. The van der Waals surface area contributed by atoms with Gasteiger partial charge < -0.3 is 9.53 Å². The lowest BCUT2D eigenvalue weighted by atomic mass is 10.2. The highest BCUT2D eigenvalue weighted by Gasteiger charge is 2.49. The highest BCUT2D eigenvalue weighted by atomic mass is 28.4. The molecule has 0 aromatic heterocycles. The lowest BCUT2D eigenvalue weighted by Gasteiger charge is -2.43. The molecule has 3 rings (SSSR count). The molecule has 0 atom stereocenters. The summed E-state index contributed by atoms with van der Waals surface area (Å²) < 4.78 is 6.88. The monoisotopic (exact) mass is 376 g/mol. The Labute approximate surface area is 163 Å². The van der Waals surface area contributed by atoms with E-state index < -0.39 is 8.32 Å². The Bertz CT molecular complexity index is 798. The number of phenolic OH excluding ortho intramolecular Hbond substituents is 1. The summed E-state index contributed by atoms with van der Waals surface area (Å²) in [6, 6.07) is 28.8. The van der Waals surface area contributed by atoms with E-state index >= 15 is 0 Å². The van der Waals surface area contributed by atoms with Crippen LogP contribution in [0.1, 0.15) is 26.3 Å². The maximum atomic E-state index is 9.49. The van der Waals surface area contributed by atoms with Crippen LogP contribution in [0.2, 0.25) is 5.04 Å². The molecule has 3 heteroatoms. The fourth-order valence-electron chi connectivity index (χ4n) is 3.75. The van der Waals surface area contributed by atoms with Crippen LogP contribution in [0.15, 0.2) is 84.9 Å². The number of hydrogen-bond acceptors (Lipinski definition) is 2. The minimum atomic E-state index is -2.46. The molecule has 0 aliphatic rings. The van der Waals surface area contributed by atoms with Crippen molar-refractivity contribution in [2.75, 3.05) is 6.61 Å². The van der Waals surface area contributed by atoms with Crippen molar-refractivity contribution in [2.24, 2.45) is 0 Å². The lowest BCUT2D eigenvalue weighted by molar-refractivity contribution is 0.302. The number of phenols is 1. The third-order valence-electron chi connectivity index (χ3n) is 5.06. The Morgan fingerprint density at radius 2 is 1.22 bits per heavy atom. The van der Waals surface area contributed by atoms with Crippen molar-refractivity contribution in [3.8, 4) is 5.75 Å². The summed E-state index contributed by atoms with van der Waals surface area (Å²) in [4.78, 5) is 0. The van der Waals surface area contributed by atoms with Gasteiger partial charge in [0.25, 0.3) is 8.32 Å². The first-order chi connectivity index (χ1) is 12.9. The first kappa shape index (κ1) is 19.4. The number of rotatable bonds is 6. The molecule has 140 valence electrons. The molecule has 3 aromatic carbocycles. The molecule has 3 aromatic rings. The predicted octanol–water partition coefficient (Wildman–Crippen LogP) is 4.51. The average molecular weight is 377 g/mol. The van der Waals surface area contributed by atoms with Crippen LogP contribution in [0.5, 0.6) is 5.75 Å². The molecule has 27 heavy (non-hydrogen) atoms. The number of aromatic hydroxyl groups is 1.